The van der Waals surface area contributed by atoms with E-state index in [4.69, 9.17) is 16.6 Å². The summed E-state index contributed by atoms with van der Waals surface area (Å²) in [6, 6.07) is 21.6. The summed E-state index contributed by atoms with van der Waals surface area (Å²) in [5, 5.41) is 21.8. The average molecular weight is 904 g/mol. The molecule has 1 unspecified atom stereocenters. The van der Waals surface area contributed by atoms with Crippen LogP contribution in [0.15, 0.2) is 95.7 Å². The van der Waals surface area contributed by atoms with Gasteiger partial charge in [0.15, 0.2) is 0 Å². The summed E-state index contributed by atoms with van der Waals surface area (Å²) >= 11 is 6.26. The molecule has 1 amide bonds. The third kappa shape index (κ3) is 8.59. The summed E-state index contributed by atoms with van der Waals surface area (Å²) in [4.78, 5) is 40.5. The van der Waals surface area contributed by atoms with Gasteiger partial charge < -0.3 is 15.2 Å². The highest BCUT2D eigenvalue weighted by Crippen LogP contribution is 2.43. The second kappa shape index (κ2) is 16.6. The molecule has 5 heterocycles. The Morgan fingerprint density at radius 2 is 1.78 bits per heavy atom. The van der Waals surface area contributed by atoms with Gasteiger partial charge in [-0.25, -0.2) is 22.8 Å². The number of allylic oxidation sites excluding steroid dienone is 1. The van der Waals surface area contributed by atoms with Crippen molar-refractivity contribution in [3.8, 4) is 5.69 Å². The number of hydrogen-bond donors (Lipinski definition) is 3. The van der Waals surface area contributed by atoms with Gasteiger partial charge in [0.2, 0.25) is 0 Å². The van der Waals surface area contributed by atoms with Crippen molar-refractivity contribution in [2.45, 2.75) is 69.4 Å². The number of nitro groups is 1. The van der Waals surface area contributed by atoms with Gasteiger partial charge in [-0.2, -0.15) is 5.10 Å². The summed E-state index contributed by atoms with van der Waals surface area (Å²) in [7, 11) is -4.56. The molecule has 3 N–H and O–H groups in total. The minimum Gasteiger partial charge on any atom is -0.375 e. The van der Waals surface area contributed by atoms with Crippen LogP contribution in [-0.2, 0) is 10.0 Å². The van der Waals surface area contributed by atoms with E-state index in [1.54, 1.807) is 23.1 Å². The van der Waals surface area contributed by atoms with Gasteiger partial charge in [0.05, 0.1) is 32.8 Å². The van der Waals surface area contributed by atoms with Crippen LogP contribution < -0.4 is 14.9 Å². The van der Waals surface area contributed by atoms with E-state index >= 15 is 0 Å². The highest BCUT2D eigenvalue weighted by molar-refractivity contribution is 7.90. The van der Waals surface area contributed by atoms with Crippen LogP contribution in [0, 0.1) is 15.5 Å². The number of aromatic amines is 1. The number of H-pyrrole nitrogens is 1. The van der Waals surface area contributed by atoms with E-state index < -0.39 is 25.7 Å². The van der Waals surface area contributed by atoms with Crippen molar-refractivity contribution in [2.75, 3.05) is 56.0 Å². The average Bonchev–Trinajstić information content (AvgIpc) is 3.62. The Balaban J connectivity index is 0.910. The second-order valence-corrected chi connectivity index (χ2v) is 20.6. The number of piperazine rings is 1. The lowest BCUT2D eigenvalue weighted by Gasteiger charge is -2.39. The van der Waals surface area contributed by atoms with E-state index in [-0.39, 0.29) is 28.4 Å². The Morgan fingerprint density at radius 3 is 2.55 bits per heavy atom. The van der Waals surface area contributed by atoms with Crippen LogP contribution in [0.25, 0.3) is 33.3 Å². The smallest absolute Gasteiger partial charge is 0.293 e. The molecule has 1 atom stereocenters. The molecule has 332 valence electrons. The minimum absolute atomic E-state index is 0.00893. The molecule has 2 saturated heterocycles. The Hall–Kier alpha value is -5.81. The van der Waals surface area contributed by atoms with Crippen LogP contribution in [0.1, 0.15) is 68.3 Å². The van der Waals surface area contributed by atoms with Crippen molar-refractivity contribution in [3.05, 3.63) is 117 Å². The fraction of sp³-hybridized carbons (Fsp3) is 0.383. The molecule has 1 saturated carbocycles. The maximum atomic E-state index is 14.2. The molecule has 2 aliphatic heterocycles. The number of halogens is 1. The fourth-order valence-electron chi connectivity index (χ4n) is 9.68. The molecular weight excluding hydrogens is 852 g/mol. The van der Waals surface area contributed by atoms with Crippen LogP contribution >= 0.6 is 11.6 Å². The molecule has 17 heteroatoms. The number of pyridine rings is 1. The molecule has 0 spiro atoms. The number of likely N-dealkylation sites (tertiary alicyclic amines) is 1. The molecule has 3 aromatic heterocycles. The molecule has 0 bridgehead atoms. The molecular formula is C47H51ClN10O5S. The SMILES string of the molecule is CC1(C)CCC(CN2CCN(c3ccc(C(=O)NS(=O)(=O)c4ccc(NC5CCN(C6CC6)C5)c([N+](=O)[O-])c4)c(-n4ncc5nc6[nH]ccc6cc54)c3)CC2)=C(c2ccc(Cl)cc2)C1. The first kappa shape index (κ1) is 42.2. The van der Waals surface area contributed by atoms with Crippen LogP contribution in [0.2, 0.25) is 5.02 Å². The number of hydrogen-bond acceptors (Lipinski definition) is 11. The summed E-state index contributed by atoms with van der Waals surface area (Å²) in [6.45, 7) is 10.4. The molecule has 64 heavy (non-hydrogen) atoms. The number of nitrogens with one attached hydrogen (secondary N) is 3. The van der Waals surface area contributed by atoms with Crippen molar-refractivity contribution in [3.63, 3.8) is 0 Å². The Morgan fingerprint density at radius 1 is 0.984 bits per heavy atom. The molecule has 10 rings (SSSR count). The molecule has 0 radical (unpaired) electrons. The topological polar surface area (TPSA) is 175 Å². The minimum atomic E-state index is -4.56. The predicted octanol–water partition coefficient (Wildman–Crippen LogP) is 8.02. The predicted molar refractivity (Wildman–Crippen MR) is 250 cm³/mol. The van der Waals surface area contributed by atoms with E-state index in [0.717, 1.165) is 93.7 Å². The third-order valence-corrected chi connectivity index (χ3v) is 15.0. The van der Waals surface area contributed by atoms with Crippen molar-refractivity contribution in [1.82, 2.24) is 34.3 Å². The number of amides is 1. The van der Waals surface area contributed by atoms with Crippen LogP contribution in [-0.4, -0.2) is 107 Å². The Bertz CT molecular complexity index is 2930. The van der Waals surface area contributed by atoms with Gasteiger partial charge >= 0.3 is 0 Å². The summed E-state index contributed by atoms with van der Waals surface area (Å²) in [5.74, 6) is -0.901. The maximum Gasteiger partial charge on any atom is 0.293 e. The Kier molecular flexibility index (Phi) is 11.0. The van der Waals surface area contributed by atoms with Crippen LogP contribution in [0.5, 0.6) is 0 Å². The fourth-order valence-corrected chi connectivity index (χ4v) is 10.8. The number of aromatic nitrogens is 4. The van der Waals surface area contributed by atoms with Gasteiger partial charge in [-0.1, -0.05) is 43.2 Å². The number of rotatable bonds is 12. The van der Waals surface area contributed by atoms with E-state index in [2.05, 4.69) is 60.8 Å². The number of nitrogens with zero attached hydrogens (tertiary/aromatic N) is 7. The van der Waals surface area contributed by atoms with Gasteiger partial charge in [0.25, 0.3) is 21.6 Å². The van der Waals surface area contributed by atoms with E-state index in [1.165, 1.54) is 41.7 Å². The zero-order chi connectivity index (χ0) is 44.3. The first-order valence-corrected chi connectivity index (χ1v) is 23.9. The van der Waals surface area contributed by atoms with Gasteiger partial charge in [-0.15, -0.1) is 0 Å². The van der Waals surface area contributed by atoms with E-state index in [1.807, 2.05) is 36.4 Å². The zero-order valence-corrected chi connectivity index (χ0v) is 37.5. The van der Waals surface area contributed by atoms with Crippen molar-refractivity contribution < 1.29 is 18.1 Å². The monoisotopic (exact) mass is 902 g/mol. The third-order valence-electron chi connectivity index (χ3n) is 13.4. The molecule has 6 aromatic rings. The first-order valence-electron chi connectivity index (χ1n) is 22.0. The standard InChI is InChI=1S/C47H51ClN10O5S/c1-47(2)16-13-32(39(26-47)30-3-5-33(48)6-4-30)28-54-19-21-55(22-20-54)36-9-11-38(42(24-36)57-43-23-31-14-17-49-45(31)52-41(43)27-50-57)46(59)53-64(62,63)37-10-12-40(44(25-37)58(60)61)51-34-15-18-56(29-34)35-7-8-35/h3-6,9-12,14,17,23-25,27,34-35,51H,7-8,13,15-16,18-22,26,28-29H2,1-2H3,(H,49,52)(H,53,59). The van der Waals surface area contributed by atoms with Gasteiger partial charge in [0, 0.05) is 86.3 Å². The number of fused-ring (bicyclic) bond motifs is 2. The van der Waals surface area contributed by atoms with E-state index in [0.29, 0.717) is 28.4 Å². The number of anilines is 2. The lowest BCUT2D eigenvalue weighted by molar-refractivity contribution is -0.384. The first-order chi connectivity index (χ1) is 30.8. The number of sulfonamides is 1. The van der Waals surface area contributed by atoms with Gasteiger partial charge in [-0.3, -0.25) is 24.7 Å². The summed E-state index contributed by atoms with van der Waals surface area (Å²) in [5.41, 5.74) is 7.41. The molecule has 3 fully saturated rings. The maximum absolute atomic E-state index is 14.2. The molecule has 3 aromatic carbocycles. The van der Waals surface area contributed by atoms with Crippen molar-refractivity contribution in [2.24, 2.45) is 5.41 Å². The largest absolute Gasteiger partial charge is 0.375 e. The highest BCUT2D eigenvalue weighted by Gasteiger charge is 2.36. The van der Waals surface area contributed by atoms with Gasteiger partial charge in [0.1, 0.15) is 16.9 Å². The second-order valence-electron chi connectivity index (χ2n) is 18.5. The van der Waals surface area contributed by atoms with Crippen molar-refractivity contribution >= 4 is 72.2 Å². The lowest BCUT2D eigenvalue weighted by Crippen LogP contribution is -2.47. The highest BCUT2D eigenvalue weighted by atomic mass is 35.5. The number of benzene rings is 3. The molecule has 2 aliphatic carbocycles. The molecule has 4 aliphatic rings. The molecule has 15 nitrogen and oxygen atoms in total. The number of nitro benzene ring substituents is 1. The normalized spacial score (nSPS) is 19.7. The number of carbonyl (C=O) groups excluding carboxylic acids is 1. The summed E-state index contributed by atoms with van der Waals surface area (Å²) < 4.78 is 31.6. The quantitative estimate of drug-likeness (QED) is 0.0802. The Labute approximate surface area is 376 Å². The number of carbonyl (C=O) groups is 1. The van der Waals surface area contributed by atoms with Crippen molar-refractivity contribution in [1.29, 1.82) is 0 Å². The summed E-state index contributed by atoms with van der Waals surface area (Å²) in [6.07, 6.45) is 9.80. The lowest BCUT2D eigenvalue weighted by atomic mass is 9.72. The van der Waals surface area contributed by atoms with E-state index in [9.17, 15) is 23.3 Å². The van der Waals surface area contributed by atoms with Crippen LogP contribution in [0.3, 0.4) is 0 Å². The zero-order valence-electron chi connectivity index (χ0n) is 35.9. The van der Waals surface area contributed by atoms with Crippen LogP contribution in [0.4, 0.5) is 17.1 Å². The van der Waals surface area contributed by atoms with Gasteiger partial charge in [-0.05, 0) is 110 Å².